The highest BCUT2D eigenvalue weighted by molar-refractivity contribution is 5.95. The molecule has 0 aliphatic heterocycles. The van der Waals surface area contributed by atoms with Crippen LogP contribution in [0.2, 0.25) is 0 Å². The van der Waals surface area contributed by atoms with Gasteiger partial charge in [-0.15, -0.1) is 0 Å². The number of rotatable bonds is 5. The molecule has 0 aromatic heterocycles. The number of aromatic hydroxyl groups is 1. The van der Waals surface area contributed by atoms with Crippen LogP contribution in [0.1, 0.15) is 42.3 Å². The zero-order chi connectivity index (χ0) is 18.6. The lowest BCUT2D eigenvalue weighted by Gasteiger charge is -2.22. The van der Waals surface area contributed by atoms with Crippen LogP contribution in [0.5, 0.6) is 11.5 Å². The van der Waals surface area contributed by atoms with Crippen LogP contribution in [0, 0.1) is 6.92 Å². The molecule has 25 heavy (non-hydrogen) atoms. The Morgan fingerprint density at radius 3 is 2.40 bits per heavy atom. The first kappa shape index (κ1) is 18.5. The zero-order valence-corrected chi connectivity index (χ0v) is 14.9. The number of phenolic OH excluding ortho intramolecular Hbond substituents is 1. The van der Waals surface area contributed by atoms with Gasteiger partial charge in [-0.1, -0.05) is 38.5 Å². The summed E-state index contributed by atoms with van der Waals surface area (Å²) < 4.78 is 5.43. The second-order valence-corrected chi connectivity index (χ2v) is 6.98. The lowest BCUT2D eigenvalue weighted by atomic mass is 9.85. The molecule has 0 spiro atoms. The maximum absolute atomic E-state index is 12.1. The Hall–Kier alpha value is -2.82. The third kappa shape index (κ3) is 4.83. The largest absolute Gasteiger partial charge is 0.505 e. The van der Waals surface area contributed by atoms with Gasteiger partial charge in [-0.2, -0.15) is 0 Å². The summed E-state index contributed by atoms with van der Waals surface area (Å²) in [5.74, 6) is 0.127. The lowest BCUT2D eigenvalue weighted by Crippen LogP contribution is -2.21. The molecule has 5 heteroatoms. The van der Waals surface area contributed by atoms with Gasteiger partial charge in [-0.25, -0.2) is 0 Å². The summed E-state index contributed by atoms with van der Waals surface area (Å²) in [6, 6.07) is 10.4. The van der Waals surface area contributed by atoms with Crippen LogP contribution in [0.15, 0.2) is 36.4 Å². The second-order valence-electron chi connectivity index (χ2n) is 6.98. The third-order valence-corrected chi connectivity index (χ3v) is 3.74. The Bertz CT molecular complexity index is 774. The average Bonchev–Trinajstić information content (AvgIpc) is 2.55. The number of benzene rings is 2. The number of carbonyl (C=O) groups is 2. The molecule has 0 saturated carbocycles. The Labute approximate surface area is 147 Å². The predicted octanol–water partition coefficient (Wildman–Crippen LogP) is 3.83. The molecule has 0 aliphatic rings. The molecule has 0 fully saturated rings. The van der Waals surface area contributed by atoms with Crippen molar-refractivity contribution in [2.24, 2.45) is 0 Å². The van der Waals surface area contributed by atoms with Gasteiger partial charge >= 0.3 is 0 Å². The van der Waals surface area contributed by atoms with Crippen LogP contribution < -0.4 is 10.1 Å². The van der Waals surface area contributed by atoms with Gasteiger partial charge in [0, 0.05) is 11.1 Å². The summed E-state index contributed by atoms with van der Waals surface area (Å²) in [7, 11) is 0. The van der Waals surface area contributed by atoms with Crippen molar-refractivity contribution in [3.05, 3.63) is 53.1 Å². The minimum Gasteiger partial charge on any atom is -0.505 e. The van der Waals surface area contributed by atoms with Crippen LogP contribution in [0.25, 0.3) is 0 Å². The van der Waals surface area contributed by atoms with Gasteiger partial charge in [0.2, 0.25) is 0 Å². The maximum Gasteiger partial charge on any atom is 0.262 e. The van der Waals surface area contributed by atoms with E-state index in [1.54, 1.807) is 18.2 Å². The number of hydrogen-bond acceptors (Lipinski definition) is 4. The number of hydrogen-bond donors (Lipinski definition) is 2. The van der Waals surface area contributed by atoms with Crippen LogP contribution in [0.3, 0.4) is 0 Å². The molecule has 2 aromatic rings. The van der Waals surface area contributed by atoms with Gasteiger partial charge in [0.05, 0.1) is 5.69 Å². The molecule has 0 saturated heterocycles. The predicted molar refractivity (Wildman–Crippen MR) is 97.5 cm³/mol. The van der Waals surface area contributed by atoms with Gasteiger partial charge < -0.3 is 15.2 Å². The highest BCUT2D eigenvalue weighted by atomic mass is 16.5. The molecule has 0 aliphatic carbocycles. The monoisotopic (exact) mass is 341 g/mol. The zero-order valence-electron chi connectivity index (χ0n) is 14.9. The van der Waals surface area contributed by atoms with Crippen molar-refractivity contribution < 1.29 is 19.4 Å². The fourth-order valence-electron chi connectivity index (χ4n) is 2.36. The molecule has 0 radical (unpaired) electrons. The minimum absolute atomic E-state index is 0.0400. The fourth-order valence-corrected chi connectivity index (χ4v) is 2.36. The number of aryl methyl sites for hydroxylation is 1. The van der Waals surface area contributed by atoms with E-state index >= 15 is 0 Å². The van der Waals surface area contributed by atoms with E-state index in [2.05, 4.69) is 5.32 Å². The number of carbonyl (C=O) groups excluding carboxylic acids is 2. The van der Waals surface area contributed by atoms with E-state index < -0.39 is 5.91 Å². The summed E-state index contributed by atoms with van der Waals surface area (Å²) >= 11 is 0. The van der Waals surface area contributed by atoms with Crippen molar-refractivity contribution in [2.75, 3.05) is 11.9 Å². The van der Waals surface area contributed by atoms with Crippen LogP contribution in [-0.4, -0.2) is 23.9 Å². The molecule has 0 bridgehead atoms. The number of amides is 1. The number of aldehydes is 1. The summed E-state index contributed by atoms with van der Waals surface area (Å²) in [5, 5.41) is 13.0. The molecular formula is C20H23NO4. The first-order valence-electron chi connectivity index (χ1n) is 8.02. The van der Waals surface area contributed by atoms with Crippen LogP contribution >= 0.6 is 0 Å². The maximum atomic E-state index is 12.1. The second kappa shape index (κ2) is 7.38. The molecule has 2 N–H and O–H groups in total. The smallest absolute Gasteiger partial charge is 0.262 e. The molecule has 2 aromatic carbocycles. The van der Waals surface area contributed by atoms with E-state index in [0.717, 1.165) is 5.56 Å². The minimum atomic E-state index is -0.418. The first-order chi connectivity index (χ1) is 11.7. The summed E-state index contributed by atoms with van der Waals surface area (Å²) in [4.78, 5) is 23.3. The van der Waals surface area contributed by atoms with E-state index in [1.807, 2.05) is 39.8 Å². The average molecular weight is 341 g/mol. The number of phenols is 1. The lowest BCUT2D eigenvalue weighted by molar-refractivity contribution is -0.118. The van der Waals surface area contributed by atoms with E-state index in [1.165, 1.54) is 6.07 Å². The number of ether oxygens (including phenoxy) is 1. The van der Waals surface area contributed by atoms with Gasteiger partial charge in [0.25, 0.3) is 5.91 Å². The summed E-state index contributed by atoms with van der Waals surface area (Å²) in [5.41, 5.74) is 1.90. The fraction of sp³-hybridized carbons (Fsp3) is 0.300. The van der Waals surface area contributed by atoms with Gasteiger partial charge in [0.1, 0.15) is 17.8 Å². The summed E-state index contributed by atoms with van der Waals surface area (Å²) in [6.45, 7) is 7.53. The topological polar surface area (TPSA) is 75.6 Å². The van der Waals surface area contributed by atoms with Crippen LogP contribution in [-0.2, 0) is 10.2 Å². The van der Waals surface area contributed by atoms with E-state index in [4.69, 9.17) is 4.74 Å². The molecule has 2 rings (SSSR count). The molecule has 0 atom stereocenters. The number of anilines is 1. The van der Waals surface area contributed by atoms with Crippen molar-refractivity contribution in [3.63, 3.8) is 0 Å². The van der Waals surface area contributed by atoms with Crippen molar-refractivity contribution >= 4 is 17.9 Å². The van der Waals surface area contributed by atoms with Crippen molar-refractivity contribution in [1.29, 1.82) is 0 Å². The first-order valence-corrected chi connectivity index (χ1v) is 8.02. The van der Waals surface area contributed by atoms with Crippen molar-refractivity contribution in [1.82, 2.24) is 0 Å². The molecule has 132 valence electrons. The quantitative estimate of drug-likeness (QED) is 0.640. The summed E-state index contributed by atoms with van der Waals surface area (Å²) in [6.07, 6.45) is 0.688. The molecular weight excluding hydrogens is 318 g/mol. The molecule has 0 unspecified atom stereocenters. The van der Waals surface area contributed by atoms with Crippen molar-refractivity contribution in [2.45, 2.75) is 33.1 Å². The Kier molecular flexibility index (Phi) is 5.47. The van der Waals surface area contributed by atoms with E-state index in [-0.39, 0.29) is 23.5 Å². The normalized spacial score (nSPS) is 11.0. The SMILES string of the molecule is Cc1ccc(OCC(=O)Nc2cc(C=O)cc(C(C)(C)C)c2O)cc1. The highest BCUT2D eigenvalue weighted by Gasteiger charge is 2.22. The number of nitrogens with one attached hydrogen (secondary N) is 1. The van der Waals surface area contributed by atoms with Crippen molar-refractivity contribution in [3.8, 4) is 11.5 Å². The van der Waals surface area contributed by atoms with E-state index in [0.29, 0.717) is 23.2 Å². The standard InChI is InChI=1S/C20H23NO4/c1-13-5-7-15(8-6-13)25-12-18(23)21-17-10-14(11-22)9-16(19(17)24)20(2,3)4/h5-11,24H,12H2,1-4H3,(H,21,23). The molecule has 0 heterocycles. The molecule has 5 nitrogen and oxygen atoms in total. The molecule has 1 amide bonds. The Balaban J connectivity index is 2.14. The third-order valence-electron chi connectivity index (χ3n) is 3.74. The highest BCUT2D eigenvalue weighted by Crippen LogP contribution is 2.37. The van der Waals surface area contributed by atoms with Gasteiger partial charge in [-0.3, -0.25) is 9.59 Å². The Morgan fingerprint density at radius 2 is 1.84 bits per heavy atom. The Morgan fingerprint density at radius 1 is 1.20 bits per heavy atom. The van der Waals surface area contributed by atoms with Gasteiger partial charge in [-0.05, 0) is 36.6 Å². The van der Waals surface area contributed by atoms with E-state index in [9.17, 15) is 14.7 Å². The van der Waals surface area contributed by atoms with Crippen LogP contribution in [0.4, 0.5) is 5.69 Å². The van der Waals surface area contributed by atoms with Gasteiger partial charge in [0.15, 0.2) is 6.61 Å².